The summed E-state index contributed by atoms with van der Waals surface area (Å²) in [7, 11) is -3.82. The molecule has 1 aliphatic heterocycles. The molecule has 1 aliphatic rings. The smallest absolute Gasteiger partial charge is 0.308 e. The number of aliphatic carboxylic acids is 1. The lowest BCUT2D eigenvalue weighted by Crippen LogP contribution is -2.30. The van der Waals surface area contributed by atoms with Crippen molar-refractivity contribution in [1.82, 2.24) is 4.90 Å². The van der Waals surface area contributed by atoms with Gasteiger partial charge in [0.25, 0.3) is 5.91 Å². The molecule has 0 saturated carbocycles. The summed E-state index contributed by atoms with van der Waals surface area (Å²) in [5.41, 5.74) is 0.711. The Balaban J connectivity index is 2.22. The number of likely N-dealkylation sites (tertiary alicyclic amines) is 1. The number of sulfonamides is 1. The number of carboxylic acid groups (broad SMARTS) is 1. The first kappa shape index (κ1) is 15.5. The van der Waals surface area contributed by atoms with E-state index in [9.17, 15) is 18.0 Å². The van der Waals surface area contributed by atoms with Gasteiger partial charge in [0, 0.05) is 18.7 Å². The van der Waals surface area contributed by atoms with Gasteiger partial charge in [-0.2, -0.15) is 0 Å². The SMILES string of the molecule is Cc1cc(C(=O)N2CCC(C(=O)O)C2)ccc1S(N)(=O)=O. The standard InChI is InChI=1S/C13H16N2O5S/c1-8-6-9(2-3-11(8)21(14,19)20)12(16)15-5-4-10(7-15)13(17)18/h2-3,6,10H,4-5,7H2,1H3,(H,17,18)(H2,14,19,20). The molecule has 0 spiro atoms. The van der Waals surface area contributed by atoms with Crippen molar-refractivity contribution in [2.45, 2.75) is 18.2 Å². The molecule has 7 nitrogen and oxygen atoms in total. The second-order valence-electron chi connectivity index (χ2n) is 5.10. The third-order valence-corrected chi connectivity index (χ3v) is 4.62. The molecule has 8 heteroatoms. The Labute approximate surface area is 122 Å². The zero-order valence-corrected chi connectivity index (χ0v) is 12.3. The number of carbonyl (C=O) groups excluding carboxylic acids is 1. The van der Waals surface area contributed by atoms with Gasteiger partial charge in [0.1, 0.15) is 0 Å². The van der Waals surface area contributed by atoms with Gasteiger partial charge in [-0.25, -0.2) is 13.6 Å². The zero-order chi connectivity index (χ0) is 15.8. The van der Waals surface area contributed by atoms with E-state index < -0.39 is 21.9 Å². The van der Waals surface area contributed by atoms with E-state index in [4.69, 9.17) is 10.2 Å². The molecule has 0 aliphatic carbocycles. The molecule has 3 N–H and O–H groups in total. The van der Waals surface area contributed by atoms with Crippen LogP contribution < -0.4 is 5.14 Å². The molecule has 1 fully saturated rings. The minimum atomic E-state index is -3.82. The van der Waals surface area contributed by atoms with E-state index in [1.165, 1.54) is 23.1 Å². The first-order valence-electron chi connectivity index (χ1n) is 6.35. The molecule has 0 radical (unpaired) electrons. The van der Waals surface area contributed by atoms with Crippen LogP contribution in [-0.4, -0.2) is 43.4 Å². The molecule has 1 atom stereocenters. The number of rotatable bonds is 3. The number of amides is 1. The normalized spacial score (nSPS) is 18.8. The summed E-state index contributed by atoms with van der Waals surface area (Å²) >= 11 is 0. The molecule has 1 amide bonds. The molecule has 0 bridgehead atoms. The molecule has 114 valence electrons. The largest absolute Gasteiger partial charge is 0.481 e. The van der Waals surface area contributed by atoms with E-state index in [2.05, 4.69) is 0 Å². The molecule has 1 heterocycles. The van der Waals surface area contributed by atoms with Gasteiger partial charge >= 0.3 is 5.97 Å². The average molecular weight is 312 g/mol. The molecule has 1 unspecified atom stereocenters. The van der Waals surface area contributed by atoms with Gasteiger partial charge in [-0.1, -0.05) is 0 Å². The Hall–Kier alpha value is -1.93. The molecular weight excluding hydrogens is 296 g/mol. The Morgan fingerprint density at radius 2 is 2.05 bits per heavy atom. The van der Waals surface area contributed by atoms with Crippen LogP contribution >= 0.6 is 0 Å². The van der Waals surface area contributed by atoms with Crippen LogP contribution in [-0.2, 0) is 14.8 Å². The van der Waals surface area contributed by atoms with Gasteiger partial charge in [0.05, 0.1) is 10.8 Å². The number of carbonyl (C=O) groups is 2. The highest BCUT2D eigenvalue weighted by atomic mass is 32.2. The van der Waals surface area contributed by atoms with E-state index in [1.54, 1.807) is 6.92 Å². The lowest BCUT2D eigenvalue weighted by Gasteiger charge is -2.16. The lowest BCUT2D eigenvalue weighted by molar-refractivity contribution is -0.141. The highest BCUT2D eigenvalue weighted by molar-refractivity contribution is 7.89. The van der Waals surface area contributed by atoms with Crippen LogP contribution in [0.1, 0.15) is 22.3 Å². The number of benzene rings is 1. The van der Waals surface area contributed by atoms with Gasteiger partial charge in [-0.15, -0.1) is 0 Å². The number of carboxylic acids is 1. The van der Waals surface area contributed by atoms with Crippen molar-refractivity contribution in [2.24, 2.45) is 11.1 Å². The predicted molar refractivity (Wildman–Crippen MR) is 74.2 cm³/mol. The molecule has 1 aromatic rings. The summed E-state index contributed by atoms with van der Waals surface area (Å²) < 4.78 is 22.7. The first-order valence-corrected chi connectivity index (χ1v) is 7.90. The fourth-order valence-corrected chi connectivity index (χ4v) is 3.20. The Kier molecular flexibility index (Phi) is 4.02. The van der Waals surface area contributed by atoms with E-state index in [-0.39, 0.29) is 17.3 Å². The number of hydrogen-bond acceptors (Lipinski definition) is 4. The van der Waals surface area contributed by atoms with Crippen LogP contribution in [0.5, 0.6) is 0 Å². The van der Waals surface area contributed by atoms with E-state index in [0.29, 0.717) is 24.1 Å². The third kappa shape index (κ3) is 3.22. The number of aryl methyl sites for hydroxylation is 1. The van der Waals surface area contributed by atoms with E-state index >= 15 is 0 Å². The minimum Gasteiger partial charge on any atom is -0.481 e. The molecule has 0 aromatic heterocycles. The summed E-state index contributed by atoms with van der Waals surface area (Å²) in [6, 6.07) is 4.14. The number of nitrogens with zero attached hydrogens (tertiary/aromatic N) is 1. The Morgan fingerprint density at radius 3 is 2.52 bits per heavy atom. The minimum absolute atomic E-state index is 0.0242. The molecule has 1 aromatic carbocycles. The maximum atomic E-state index is 12.3. The zero-order valence-electron chi connectivity index (χ0n) is 11.4. The second kappa shape index (κ2) is 5.45. The maximum Gasteiger partial charge on any atom is 0.308 e. The van der Waals surface area contributed by atoms with Crippen molar-refractivity contribution < 1.29 is 23.1 Å². The quantitative estimate of drug-likeness (QED) is 0.826. The van der Waals surface area contributed by atoms with Crippen LogP contribution in [0.2, 0.25) is 0 Å². The van der Waals surface area contributed by atoms with Crippen LogP contribution in [0.4, 0.5) is 0 Å². The van der Waals surface area contributed by atoms with Gasteiger partial charge < -0.3 is 10.0 Å². The van der Waals surface area contributed by atoms with Gasteiger partial charge in [0.2, 0.25) is 10.0 Å². The summed E-state index contributed by atoms with van der Waals surface area (Å²) in [5.74, 6) is -1.76. The second-order valence-corrected chi connectivity index (χ2v) is 6.63. The first-order chi connectivity index (χ1) is 9.70. The highest BCUT2D eigenvalue weighted by Crippen LogP contribution is 2.21. The summed E-state index contributed by atoms with van der Waals surface area (Å²) in [6.45, 7) is 2.11. The van der Waals surface area contributed by atoms with Crippen molar-refractivity contribution in [2.75, 3.05) is 13.1 Å². The molecule has 1 saturated heterocycles. The number of hydrogen-bond donors (Lipinski definition) is 2. The monoisotopic (exact) mass is 312 g/mol. The fraction of sp³-hybridized carbons (Fsp3) is 0.385. The Bertz CT molecular complexity index is 699. The topological polar surface area (TPSA) is 118 Å². The Morgan fingerprint density at radius 1 is 1.38 bits per heavy atom. The number of primary sulfonamides is 1. The molecular formula is C13H16N2O5S. The number of nitrogens with two attached hydrogens (primary N) is 1. The fourth-order valence-electron chi connectivity index (χ4n) is 2.43. The highest BCUT2D eigenvalue weighted by Gasteiger charge is 2.31. The van der Waals surface area contributed by atoms with Crippen molar-refractivity contribution in [3.8, 4) is 0 Å². The van der Waals surface area contributed by atoms with Crippen LogP contribution in [0.15, 0.2) is 23.1 Å². The van der Waals surface area contributed by atoms with E-state index in [1.807, 2.05) is 0 Å². The van der Waals surface area contributed by atoms with E-state index in [0.717, 1.165) is 0 Å². The van der Waals surface area contributed by atoms with Gasteiger partial charge in [0.15, 0.2) is 0 Å². The summed E-state index contributed by atoms with van der Waals surface area (Å²) in [4.78, 5) is 24.6. The van der Waals surface area contributed by atoms with Gasteiger partial charge in [-0.3, -0.25) is 9.59 Å². The maximum absolute atomic E-state index is 12.3. The molecule has 2 rings (SSSR count). The lowest BCUT2D eigenvalue weighted by atomic mass is 10.1. The van der Waals surface area contributed by atoms with Crippen molar-refractivity contribution in [3.63, 3.8) is 0 Å². The van der Waals surface area contributed by atoms with Crippen molar-refractivity contribution >= 4 is 21.9 Å². The third-order valence-electron chi connectivity index (χ3n) is 3.55. The summed E-state index contributed by atoms with van der Waals surface area (Å²) in [6.07, 6.45) is 0.426. The predicted octanol–water partition coefficient (Wildman–Crippen LogP) is 0.189. The van der Waals surface area contributed by atoms with Crippen LogP contribution in [0.25, 0.3) is 0 Å². The van der Waals surface area contributed by atoms with Crippen LogP contribution in [0, 0.1) is 12.8 Å². The van der Waals surface area contributed by atoms with Crippen LogP contribution in [0.3, 0.4) is 0 Å². The average Bonchev–Trinajstić information content (AvgIpc) is 2.85. The van der Waals surface area contributed by atoms with Crippen molar-refractivity contribution in [3.05, 3.63) is 29.3 Å². The van der Waals surface area contributed by atoms with Gasteiger partial charge in [-0.05, 0) is 37.1 Å². The summed E-state index contributed by atoms with van der Waals surface area (Å²) in [5, 5.41) is 14.0. The van der Waals surface area contributed by atoms with Crippen molar-refractivity contribution in [1.29, 1.82) is 0 Å². The molecule has 21 heavy (non-hydrogen) atoms.